The van der Waals surface area contributed by atoms with Crippen LogP contribution in [0.15, 0.2) is 46.6 Å². The van der Waals surface area contributed by atoms with Crippen LogP contribution in [0.5, 0.6) is 0 Å². The Morgan fingerprint density at radius 2 is 1.97 bits per heavy atom. The predicted molar refractivity (Wildman–Crippen MR) is 101 cm³/mol. The monoisotopic (exact) mass is 409 g/mol. The van der Waals surface area contributed by atoms with Crippen LogP contribution in [0.1, 0.15) is 23.1 Å². The fraction of sp³-hybridized carbons (Fsp3) is 0.316. The number of rotatable bonds is 3. The zero-order chi connectivity index (χ0) is 21.0. The fourth-order valence-corrected chi connectivity index (χ4v) is 2.99. The van der Waals surface area contributed by atoms with Crippen molar-refractivity contribution in [2.75, 3.05) is 13.2 Å². The molecule has 3 rings (SSSR count). The molecule has 4 N–H and O–H groups in total. The minimum absolute atomic E-state index is 0.0784. The van der Waals surface area contributed by atoms with Crippen LogP contribution >= 0.6 is 0 Å². The van der Waals surface area contributed by atoms with Gasteiger partial charge in [0, 0.05) is 12.8 Å². The van der Waals surface area contributed by atoms with Gasteiger partial charge in [-0.15, -0.1) is 0 Å². The second-order valence-electron chi connectivity index (χ2n) is 6.57. The van der Waals surface area contributed by atoms with E-state index in [1.807, 2.05) is 0 Å². The lowest BCUT2D eigenvalue weighted by atomic mass is 10.0. The van der Waals surface area contributed by atoms with Crippen LogP contribution in [0.3, 0.4) is 0 Å². The van der Waals surface area contributed by atoms with Gasteiger partial charge in [-0.05, 0) is 54.3 Å². The molecule has 0 saturated carbocycles. The van der Waals surface area contributed by atoms with E-state index in [4.69, 9.17) is 16.3 Å². The summed E-state index contributed by atoms with van der Waals surface area (Å²) in [5.74, 6) is 4.78. The Labute approximate surface area is 164 Å². The van der Waals surface area contributed by atoms with Gasteiger partial charge in [0.2, 0.25) is 0 Å². The van der Waals surface area contributed by atoms with Crippen LogP contribution < -0.4 is 11.6 Å². The molecule has 1 unspecified atom stereocenters. The van der Waals surface area contributed by atoms with E-state index < -0.39 is 23.6 Å². The van der Waals surface area contributed by atoms with Crippen molar-refractivity contribution in [3.05, 3.63) is 59.0 Å². The van der Waals surface area contributed by atoms with Gasteiger partial charge in [0.15, 0.2) is 5.82 Å². The normalized spacial score (nSPS) is 20.8. The number of nitrogens with two attached hydrogens (primary N) is 2. The first-order valence-corrected chi connectivity index (χ1v) is 8.77. The Hall–Kier alpha value is -2.85. The molecular formula is C19H19F4N5O. The maximum absolute atomic E-state index is 13.6. The maximum Gasteiger partial charge on any atom is 0.416 e. The third-order valence-corrected chi connectivity index (χ3v) is 4.35. The molecule has 0 aliphatic carbocycles. The smallest absolute Gasteiger partial charge is 0.375 e. The van der Waals surface area contributed by atoms with Crippen LogP contribution in [-0.2, 0) is 17.3 Å². The quantitative estimate of drug-likeness (QED) is 0.463. The second-order valence-corrected chi connectivity index (χ2v) is 6.57. The summed E-state index contributed by atoms with van der Waals surface area (Å²) in [5, 5.41) is 3.70. The topological polar surface area (TPSA) is 98.9 Å². The average molecular weight is 409 g/mol. The molecule has 0 spiro atoms. The van der Waals surface area contributed by atoms with Gasteiger partial charge in [-0.1, -0.05) is 0 Å². The molecule has 0 radical (unpaired) electrons. The first kappa shape index (κ1) is 20.9. The van der Waals surface area contributed by atoms with Gasteiger partial charge in [0.1, 0.15) is 11.5 Å². The Balaban J connectivity index is 1.88. The molecule has 1 atom stereocenters. The minimum atomic E-state index is -4.62. The van der Waals surface area contributed by atoms with Gasteiger partial charge in [0.05, 0.1) is 23.9 Å². The number of hydrazone groups is 1. The van der Waals surface area contributed by atoms with Crippen LogP contribution in [0, 0.1) is 5.82 Å². The van der Waals surface area contributed by atoms with Crippen molar-refractivity contribution in [3.8, 4) is 0 Å². The molecule has 1 aliphatic rings. The number of aromatic nitrogens is 1. The zero-order valence-corrected chi connectivity index (χ0v) is 15.3. The van der Waals surface area contributed by atoms with Crippen molar-refractivity contribution in [3.63, 3.8) is 0 Å². The molecule has 10 heteroatoms. The van der Waals surface area contributed by atoms with Crippen molar-refractivity contribution in [2.45, 2.75) is 25.1 Å². The van der Waals surface area contributed by atoms with Crippen LogP contribution in [0.25, 0.3) is 0 Å². The number of ether oxygens (including phenoxy) is 1. The van der Waals surface area contributed by atoms with E-state index in [9.17, 15) is 17.6 Å². The first-order valence-electron chi connectivity index (χ1n) is 8.77. The summed E-state index contributed by atoms with van der Waals surface area (Å²) in [4.78, 5) is 8.53. The van der Waals surface area contributed by atoms with E-state index in [0.717, 1.165) is 12.1 Å². The number of hydrogen-bond acceptors (Lipinski definition) is 6. The van der Waals surface area contributed by atoms with E-state index >= 15 is 0 Å². The number of alkyl halides is 3. The largest absolute Gasteiger partial charge is 0.416 e. The van der Waals surface area contributed by atoms with Gasteiger partial charge in [0.25, 0.3) is 0 Å². The zero-order valence-electron chi connectivity index (χ0n) is 15.3. The molecule has 0 bridgehead atoms. The van der Waals surface area contributed by atoms with Crippen molar-refractivity contribution in [1.29, 1.82) is 0 Å². The Morgan fingerprint density at radius 3 is 2.69 bits per heavy atom. The maximum atomic E-state index is 13.6. The third kappa shape index (κ3) is 5.36. The molecule has 1 saturated heterocycles. The molecule has 1 aliphatic heterocycles. The van der Waals surface area contributed by atoms with E-state index in [2.05, 4.69) is 15.1 Å². The van der Waals surface area contributed by atoms with Crippen molar-refractivity contribution in [2.24, 2.45) is 21.7 Å². The lowest BCUT2D eigenvalue weighted by Crippen LogP contribution is -2.36. The molecule has 6 nitrogen and oxygen atoms in total. The lowest BCUT2D eigenvalue weighted by Gasteiger charge is -2.11. The SMILES string of the molecule is N/N=C1\C(=Nc2cc(Cc3cc(F)cc(C(F)(F)F)c3)ccn2)COCCC1N. The van der Waals surface area contributed by atoms with Crippen molar-refractivity contribution in [1.82, 2.24) is 4.98 Å². The van der Waals surface area contributed by atoms with E-state index in [1.165, 1.54) is 6.20 Å². The summed E-state index contributed by atoms with van der Waals surface area (Å²) < 4.78 is 57.8. The molecule has 1 aromatic heterocycles. The van der Waals surface area contributed by atoms with Crippen molar-refractivity contribution >= 4 is 17.2 Å². The number of nitrogens with zero attached hydrogens (tertiary/aromatic N) is 3. The number of benzene rings is 1. The van der Waals surface area contributed by atoms with Gasteiger partial charge in [-0.25, -0.2) is 14.4 Å². The molecule has 1 fully saturated rings. The summed E-state index contributed by atoms with van der Waals surface area (Å²) in [7, 11) is 0. The minimum Gasteiger partial charge on any atom is -0.375 e. The molecule has 154 valence electrons. The molecule has 2 aromatic rings. The van der Waals surface area contributed by atoms with Crippen LogP contribution in [0.2, 0.25) is 0 Å². The highest BCUT2D eigenvalue weighted by Gasteiger charge is 2.31. The summed E-state index contributed by atoms with van der Waals surface area (Å²) >= 11 is 0. The van der Waals surface area contributed by atoms with E-state index in [1.54, 1.807) is 12.1 Å². The summed E-state index contributed by atoms with van der Waals surface area (Å²) in [5.41, 5.74) is 6.63. The van der Waals surface area contributed by atoms with Crippen LogP contribution in [-0.4, -0.2) is 35.7 Å². The third-order valence-electron chi connectivity index (χ3n) is 4.35. The highest BCUT2D eigenvalue weighted by atomic mass is 19.4. The van der Waals surface area contributed by atoms with Gasteiger partial charge >= 0.3 is 6.18 Å². The fourth-order valence-electron chi connectivity index (χ4n) is 2.99. The van der Waals surface area contributed by atoms with Crippen molar-refractivity contribution < 1.29 is 22.3 Å². The summed E-state index contributed by atoms with van der Waals surface area (Å²) in [6.07, 6.45) is -2.53. The second kappa shape index (κ2) is 8.66. The summed E-state index contributed by atoms with van der Waals surface area (Å²) in [6.45, 7) is 0.599. The molecule has 1 aromatic carbocycles. The lowest BCUT2D eigenvalue weighted by molar-refractivity contribution is -0.137. The average Bonchev–Trinajstić information content (AvgIpc) is 2.81. The predicted octanol–water partition coefficient (Wildman–Crippen LogP) is 2.97. The number of hydrogen-bond donors (Lipinski definition) is 2. The molecule has 0 amide bonds. The molecule has 2 heterocycles. The van der Waals surface area contributed by atoms with Crippen LogP contribution in [0.4, 0.5) is 23.4 Å². The Kier molecular flexibility index (Phi) is 6.23. The van der Waals surface area contributed by atoms with Gasteiger partial charge < -0.3 is 16.3 Å². The Morgan fingerprint density at radius 1 is 1.17 bits per heavy atom. The van der Waals surface area contributed by atoms with Gasteiger partial charge in [-0.3, -0.25) is 0 Å². The highest BCUT2D eigenvalue weighted by Crippen LogP contribution is 2.31. The summed E-state index contributed by atoms with van der Waals surface area (Å²) in [6, 6.07) is 5.25. The van der Waals surface area contributed by atoms with Gasteiger partial charge in [-0.2, -0.15) is 18.3 Å². The van der Waals surface area contributed by atoms with E-state index in [-0.39, 0.29) is 18.6 Å². The number of pyridine rings is 1. The number of aliphatic imine (C=N–C) groups is 1. The molecular weight excluding hydrogens is 390 g/mol. The standard InChI is InChI=1S/C19H19F4N5O/c20-14-7-12(6-13(9-14)19(21,22)23)5-11-1-3-26-17(8-11)27-16-10-29-4-2-15(24)18(16)28-25/h1,3,6-9,15H,2,4-5,10,24-25H2/b27-16?,28-18-. The molecule has 29 heavy (non-hydrogen) atoms. The highest BCUT2D eigenvalue weighted by molar-refractivity contribution is 6.45. The Bertz CT molecular complexity index is 942. The van der Waals surface area contributed by atoms with E-state index in [0.29, 0.717) is 41.9 Å². The number of halogens is 4. The first-order chi connectivity index (χ1) is 13.8.